The number of ether oxygens (including phenoxy) is 1. The Labute approximate surface area is 199 Å². The number of aryl methyl sites for hydroxylation is 1. The molecule has 2 aliphatic rings. The zero-order valence-corrected chi connectivity index (χ0v) is 22.0. The van der Waals surface area contributed by atoms with Gasteiger partial charge in [-0.25, -0.2) is 4.98 Å². The Morgan fingerprint density at radius 3 is 2.30 bits per heavy atom. The van der Waals surface area contributed by atoms with Crippen LogP contribution in [0.25, 0.3) is 0 Å². The molecule has 0 bridgehead atoms. The fraction of sp³-hybridized carbons (Fsp3) is 0.667. The smallest absolute Gasteiger partial charge is 0.291 e. The number of amides is 1. The summed E-state index contributed by atoms with van der Waals surface area (Å²) >= 11 is 0. The molecule has 0 aromatic carbocycles. The molecule has 1 aromatic heterocycles. The number of aromatic amines is 1. The number of carbonyl (C=O) groups is 1. The van der Waals surface area contributed by atoms with Crippen molar-refractivity contribution in [3.05, 3.63) is 40.8 Å². The molecule has 182 valence electrons. The summed E-state index contributed by atoms with van der Waals surface area (Å²) < 4.78 is 6.29. The highest BCUT2D eigenvalue weighted by molar-refractivity contribution is 5.92. The van der Waals surface area contributed by atoms with Crippen molar-refractivity contribution in [3.8, 4) is 0 Å². The van der Waals surface area contributed by atoms with E-state index in [1.165, 1.54) is 5.57 Å². The summed E-state index contributed by atoms with van der Waals surface area (Å²) in [7, 11) is 0. The molecular formula is C27H42N4O2. The number of nitrogens with zero attached hydrogens (tertiary/aromatic N) is 2. The quantitative estimate of drug-likeness (QED) is 0.515. The number of imidazole rings is 1. The number of H-pyrrole nitrogens is 1. The van der Waals surface area contributed by atoms with Gasteiger partial charge in [-0.05, 0) is 91.6 Å². The highest BCUT2D eigenvalue weighted by Gasteiger charge is 2.40. The van der Waals surface area contributed by atoms with E-state index in [1.807, 2.05) is 13.8 Å². The average molecular weight is 455 g/mol. The number of carbonyl (C=O) groups excluding carboxylic acids is 1. The van der Waals surface area contributed by atoms with E-state index < -0.39 is 0 Å². The lowest BCUT2D eigenvalue weighted by molar-refractivity contribution is -0.164. The van der Waals surface area contributed by atoms with E-state index in [0.717, 1.165) is 54.9 Å². The second-order valence-corrected chi connectivity index (χ2v) is 11.9. The van der Waals surface area contributed by atoms with Crippen LogP contribution in [0.4, 0.5) is 0 Å². The highest BCUT2D eigenvalue weighted by Crippen LogP contribution is 2.41. The third kappa shape index (κ3) is 6.66. The molecule has 1 amide bonds. The zero-order chi connectivity index (χ0) is 24.6. The first kappa shape index (κ1) is 25.4. The molecule has 6 nitrogen and oxygen atoms in total. The molecule has 0 atom stereocenters. The minimum Gasteiger partial charge on any atom is -0.370 e. The van der Waals surface area contributed by atoms with Crippen molar-refractivity contribution in [1.82, 2.24) is 15.3 Å². The second kappa shape index (κ2) is 9.21. The number of hydrogen-bond donors (Lipinski definition) is 2. The van der Waals surface area contributed by atoms with Crippen LogP contribution in [0.2, 0.25) is 0 Å². The number of aromatic nitrogens is 2. The Morgan fingerprint density at radius 2 is 1.79 bits per heavy atom. The van der Waals surface area contributed by atoms with Crippen molar-refractivity contribution >= 4 is 11.6 Å². The fourth-order valence-electron chi connectivity index (χ4n) is 5.16. The molecule has 1 aliphatic heterocycles. The largest absolute Gasteiger partial charge is 0.370 e. The molecule has 3 rings (SSSR count). The van der Waals surface area contributed by atoms with Crippen LogP contribution >= 0.6 is 0 Å². The third-order valence-corrected chi connectivity index (χ3v) is 6.76. The van der Waals surface area contributed by atoms with Crippen LogP contribution in [0.1, 0.15) is 104 Å². The van der Waals surface area contributed by atoms with Gasteiger partial charge in [0.2, 0.25) is 0 Å². The minimum atomic E-state index is -0.240. The van der Waals surface area contributed by atoms with Gasteiger partial charge in [0.05, 0.1) is 22.6 Å². The topological polar surface area (TPSA) is 79.4 Å². The maximum atomic E-state index is 12.8. The van der Waals surface area contributed by atoms with Gasteiger partial charge in [-0.1, -0.05) is 19.9 Å². The van der Waals surface area contributed by atoms with Crippen molar-refractivity contribution in [1.29, 1.82) is 0 Å². The van der Waals surface area contributed by atoms with Gasteiger partial charge >= 0.3 is 0 Å². The molecule has 0 radical (unpaired) electrons. The molecule has 0 unspecified atom stereocenters. The first-order valence-electron chi connectivity index (χ1n) is 12.2. The number of nitrogens with one attached hydrogen (secondary N) is 2. The van der Waals surface area contributed by atoms with Gasteiger partial charge in [-0.15, -0.1) is 0 Å². The Balaban J connectivity index is 1.95. The average Bonchev–Trinajstić information content (AvgIpc) is 3.10. The molecule has 2 N–H and O–H groups in total. The molecule has 33 heavy (non-hydrogen) atoms. The van der Waals surface area contributed by atoms with Crippen molar-refractivity contribution in [2.24, 2.45) is 16.3 Å². The van der Waals surface area contributed by atoms with Crippen LogP contribution in [0.15, 0.2) is 34.2 Å². The Kier molecular flexibility index (Phi) is 7.09. The van der Waals surface area contributed by atoms with Gasteiger partial charge in [0.1, 0.15) is 0 Å². The number of allylic oxidation sites excluding steroid dienone is 3. The lowest BCUT2D eigenvalue weighted by Gasteiger charge is -2.45. The normalized spacial score (nSPS) is 23.5. The van der Waals surface area contributed by atoms with Crippen molar-refractivity contribution < 1.29 is 9.53 Å². The van der Waals surface area contributed by atoms with E-state index >= 15 is 0 Å². The summed E-state index contributed by atoms with van der Waals surface area (Å²) in [5.74, 6) is 0.408. The summed E-state index contributed by atoms with van der Waals surface area (Å²) in [6, 6.07) is 0. The van der Waals surface area contributed by atoms with E-state index in [2.05, 4.69) is 69.8 Å². The maximum Gasteiger partial charge on any atom is 0.291 e. The lowest BCUT2D eigenvalue weighted by atomic mass is 9.77. The van der Waals surface area contributed by atoms with Gasteiger partial charge in [0.15, 0.2) is 5.82 Å². The summed E-state index contributed by atoms with van der Waals surface area (Å²) in [5.41, 5.74) is 4.67. The van der Waals surface area contributed by atoms with E-state index in [1.54, 1.807) is 6.20 Å². The molecule has 6 heteroatoms. The van der Waals surface area contributed by atoms with Crippen molar-refractivity contribution in [2.45, 2.75) is 106 Å². The van der Waals surface area contributed by atoms with Crippen LogP contribution < -0.4 is 5.32 Å². The van der Waals surface area contributed by atoms with Crippen molar-refractivity contribution in [2.75, 3.05) is 0 Å². The van der Waals surface area contributed by atoms with Crippen LogP contribution in [-0.4, -0.2) is 32.8 Å². The SMILES string of the molecule is C/C(=N\C(C1=CCC(C)(C)CC1)=C(/C)NC(=O)c1nc(C)c[nH]1)C1CC(C)(C)OC(C)(C)C1. The molecule has 1 aliphatic carbocycles. The van der Waals surface area contributed by atoms with Gasteiger partial charge in [-0.3, -0.25) is 9.79 Å². The predicted molar refractivity (Wildman–Crippen MR) is 134 cm³/mol. The maximum absolute atomic E-state index is 12.8. The van der Waals surface area contributed by atoms with E-state index in [4.69, 9.17) is 9.73 Å². The zero-order valence-electron chi connectivity index (χ0n) is 22.0. The Morgan fingerprint density at radius 1 is 1.15 bits per heavy atom. The molecule has 1 saturated heterocycles. The van der Waals surface area contributed by atoms with Crippen LogP contribution in [-0.2, 0) is 4.74 Å². The van der Waals surface area contributed by atoms with E-state index in [-0.39, 0.29) is 17.1 Å². The lowest BCUT2D eigenvalue weighted by Crippen LogP contribution is -2.46. The molecule has 2 heterocycles. The second-order valence-electron chi connectivity index (χ2n) is 11.9. The summed E-state index contributed by atoms with van der Waals surface area (Å²) in [4.78, 5) is 25.2. The molecular weight excluding hydrogens is 412 g/mol. The minimum absolute atomic E-state index is 0.193. The van der Waals surface area contributed by atoms with Gasteiger partial charge in [0.25, 0.3) is 5.91 Å². The first-order chi connectivity index (χ1) is 15.2. The van der Waals surface area contributed by atoms with Gasteiger partial charge in [-0.2, -0.15) is 0 Å². The van der Waals surface area contributed by atoms with E-state index in [9.17, 15) is 4.79 Å². The number of hydrogen-bond acceptors (Lipinski definition) is 4. The van der Waals surface area contributed by atoms with Gasteiger partial charge < -0.3 is 15.0 Å². The van der Waals surface area contributed by atoms with Crippen LogP contribution in [0.5, 0.6) is 0 Å². The molecule has 0 spiro atoms. The van der Waals surface area contributed by atoms with Crippen LogP contribution in [0.3, 0.4) is 0 Å². The molecule has 0 saturated carbocycles. The number of rotatable bonds is 5. The van der Waals surface area contributed by atoms with E-state index in [0.29, 0.717) is 17.2 Å². The number of aliphatic imine (C=N–C) groups is 1. The summed E-state index contributed by atoms with van der Waals surface area (Å²) in [5, 5.41) is 3.04. The predicted octanol–water partition coefficient (Wildman–Crippen LogP) is 6.26. The highest BCUT2D eigenvalue weighted by atomic mass is 16.5. The van der Waals surface area contributed by atoms with Crippen LogP contribution in [0, 0.1) is 18.3 Å². The first-order valence-corrected chi connectivity index (χ1v) is 12.2. The fourth-order valence-corrected chi connectivity index (χ4v) is 5.16. The monoisotopic (exact) mass is 454 g/mol. The van der Waals surface area contributed by atoms with Gasteiger partial charge in [0, 0.05) is 23.5 Å². The third-order valence-electron chi connectivity index (χ3n) is 6.76. The Bertz CT molecular complexity index is 976. The van der Waals surface area contributed by atoms with Crippen molar-refractivity contribution in [3.63, 3.8) is 0 Å². The summed E-state index contributed by atoms with van der Waals surface area (Å²) in [6.45, 7) is 19.2. The molecule has 1 aromatic rings. The Hall–Kier alpha value is -2.21. The molecule has 1 fully saturated rings. The standard InChI is InChI=1S/C27H42N4O2/c1-17-16-28-23(29-17)24(32)31-19(3)22(20-10-12-25(4,5)13-11-20)30-18(2)21-14-26(6,7)33-27(8,9)15-21/h10,16,21H,11-15H2,1-9H3,(H,28,29)(H,31,32)/b22-19+,30-18+. The summed E-state index contributed by atoms with van der Waals surface area (Å²) in [6.07, 6.45) is 8.97.